The first-order valence-electron chi connectivity index (χ1n) is 11.7. The molecule has 35 heavy (non-hydrogen) atoms. The molecular formula is C26H32N4O4S. The van der Waals surface area contributed by atoms with Gasteiger partial charge in [-0.05, 0) is 49.4 Å². The molecule has 0 aliphatic carbocycles. The average Bonchev–Trinajstić information content (AvgIpc) is 2.86. The first-order chi connectivity index (χ1) is 16.8. The molecule has 0 spiro atoms. The molecule has 1 aliphatic heterocycles. The summed E-state index contributed by atoms with van der Waals surface area (Å²) in [7, 11) is -1.86. The van der Waals surface area contributed by atoms with Crippen molar-refractivity contribution in [2.24, 2.45) is 5.92 Å². The van der Waals surface area contributed by atoms with Crippen LogP contribution in [-0.4, -0.2) is 71.6 Å². The Morgan fingerprint density at radius 3 is 2.54 bits per heavy atom. The summed E-state index contributed by atoms with van der Waals surface area (Å²) in [6.07, 6.45) is 6.75. The second kappa shape index (κ2) is 10.8. The lowest BCUT2D eigenvalue weighted by Crippen LogP contribution is -2.49. The maximum Gasteiger partial charge on any atom is 0.247 e. The lowest BCUT2D eigenvalue weighted by Gasteiger charge is -2.37. The predicted octanol–water partition coefficient (Wildman–Crippen LogP) is 3.04. The Bertz CT molecular complexity index is 1220. The van der Waals surface area contributed by atoms with E-state index in [4.69, 9.17) is 4.74 Å². The number of aliphatic hydroxyl groups is 1. The van der Waals surface area contributed by atoms with Crippen LogP contribution in [0.2, 0.25) is 0 Å². The number of benzene rings is 1. The molecule has 0 saturated heterocycles. The highest BCUT2D eigenvalue weighted by Crippen LogP contribution is 2.36. The van der Waals surface area contributed by atoms with Gasteiger partial charge in [-0.3, -0.25) is 14.9 Å². The number of aromatic nitrogens is 2. The van der Waals surface area contributed by atoms with Crippen molar-refractivity contribution >= 4 is 10.0 Å². The van der Waals surface area contributed by atoms with Gasteiger partial charge in [0.05, 0.1) is 6.61 Å². The quantitative estimate of drug-likeness (QED) is 0.537. The fraction of sp³-hybridized carbons (Fsp3) is 0.385. The summed E-state index contributed by atoms with van der Waals surface area (Å²) in [6, 6.07) is 12.3. The molecule has 186 valence electrons. The van der Waals surface area contributed by atoms with Gasteiger partial charge in [-0.2, -0.15) is 4.31 Å². The van der Waals surface area contributed by atoms with Crippen LogP contribution in [-0.2, 0) is 16.6 Å². The van der Waals surface area contributed by atoms with Crippen LogP contribution < -0.4 is 4.74 Å². The van der Waals surface area contributed by atoms with Crippen molar-refractivity contribution in [2.75, 3.05) is 26.7 Å². The molecule has 3 aromatic rings. The van der Waals surface area contributed by atoms with Gasteiger partial charge in [0, 0.05) is 61.9 Å². The summed E-state index contributed by atoms with van der Waals surface area (Å²) < 4.78 is 35.2. The Hall–Kier alpha value is -2.85. The van der Waals surface area contributed by atoms with E-state index in [1.54, 1.807) is 43.7 Å². The molecule has 9 heteroatoms. The number of likely N-dealkylation sites (N-methyl/N-ethyl adjacent to an activating group) is 1. The van der Waals surface area contributed by atoms with Crippen LogP contribution in [0.5, 0.6) is 5.75 Å². The predicted molar refractivity (Wildman–Crippen MR) is 134 cm³/mol. The third-order valence-corrected chi connectivity index (χ3v) is 8.35. The van der Waals surface area contributed by atoms with E-state index in [0.29, 0.717) is 18.8 Å². The summed E-state index contributed by atoms with van der Waals surface area (Å²) in [5.41, 5.74) is 2.78. The fourth-order valence-electron chi connectivity index (χ4n) is 4.33. The summed E-state index contributed by atoms with van der Waals surface area (Å²) in [5.74, 6) is 0.193. The first-order valence-corrected chi connectivity index (χ1v) is 13.1. The number of fused-ring (bicyclic) bond motifs is 1. The second-order valence-electron chi connectivity index (χ2n) is 9.20. The van der Waals surface area contributed by atoms with Crippen LogP contribution in [0.15, 0.2) is 72.1 Å². The zero-order valence-electron chi connectivity index (χ0n) is 20.3. The SMILES string of the molecule is C[C@@H]1CN([C@@H](C)CO)S(=O)(=O)c2ccc(-c3cccnc3)cc2O[C@@H]1CN(C)Cc1cccnc1. The summed E-state index contributed by atoms with van der Waals surface area (Å²) in [4.78, 5) is 10.6. The number of sulfonamides is 1. The zero-order valence-corrected chi connectivity index (χ0v) is 21.1. The highest BCUT2D eigenvalue weighted by molar-refractivity contribution is 7.89. The van der Waals surface area contributed by atoms with Crippen molar-refractivity contribution in [3.8, 4) is 16.9 Å². The van der Waals surface area contributed by atoms with E-state index in [9.17, 15) is 13.5 Å². The number of hydrogen-bond donors (Lipinski definition) is 1. The second-order valence-corrected chi connectivity index (χ2v) is 11.1. The average molecular weight is 497 g/mol. The molecule has 0 radical (unpaired) electrons. The van der Waals surface area contributed by atoms with Crippen molar-refractivity contribution < 1.29 is 18.3 Å². The summed E-state index contributed by atoms with van der Waals surface area (Å²) in [5, 5.41) is 9.83. The third kappa shape index (κ3) is 5.70. The number of pyridine rings is 2. The molecule has 1 aromatic carbocycles. The van der Waals surface area contributed by atoms with Crippen LogP contribution in [0.4, 0.5) is 0 Å². The number of rotatable bonds is 7. The Kier molecular flexibility index (Phi) is 7.81. The molecule has 8 nitrogen and oxygen atoms in total. The molecule has 4 rings (SSSR count). The van der Waals surface area contributed by atoms with Crippen molar-refractivity contribution in [3.63, 3.8) is 0 Å². The third-order valence-electron chi connectivity index (χ3n) is 6.33. The lowest BCUT2D eigenvalue weighted by molar-refractivity contribution is 0.0734. The van der Waals surface area contributed by atoms with Crippen LogP contribution in [0, 0.1) is 5.92 Å². The molecule has 2 aromatic heterocycles. The van der Waals surface area contributed by atoms with Crippen LogP contribution in [0.3, 0.4) is 0 Å². The van der Waals surface area contributed by atoms with Gasteiger partial charge in [0.15, 0.2) is 0 Å². The maximum atomic E-state index is 13.6. The largest absolute Gasteiger partial charge is 0.487 e. The molecule has 1 aliphatic rings. The van der Waals surface area contributed by atoms with E-state index in [1.807, 2.05) is 44.4 Å². The maximum absolute atomic E-state index is 13.6. The number of hydrogen-bond acceptors (Lipinski definition) is 7. The van der Waals surface area contributed by atoms with Gasteiger partial charge >= 0.3 is 0 Å². The smallest absolute Gasteiger partial charge is 0.247 e. The normalized spacial score (nSPS) is 20.9. The number of ether oxygens (including phenoxy) is 1. The van der Waals surface area contributed by atoms with Gasteiger partial charge in [0.2, 0.25) is 10.0 Å². The Morgan fingerprint density at radius 1 is 1.14 bits per heavy atom. The van der Waals surface area contributed by atoms with Gasteiger partial charge in [-0.25, -0.2) is 8.42 Å². The van der Waals surface area contributed by atoms with E-state index in [2.05, 4.69) is 14.9 Å². The first kappa shape index (κ1) is 25.2. The Morgan fingerprint density at radius 2 is 1.89 bits per heavy atom. The van der Waals surface area contributed by atoms with Gasteiger partial charge < -0.3 is 9.84 Å². The minimum Gasteiger partial charge on any atom is -0.487 e. The minimum atomic E-state index is -3.88. The van der Waals surface area contributed by atoms with Crippen molar-refractivity contribution in [2.45, 2.75) is 37.4 Å². The van der Waals surface area contributed by atoms with Crippen molar-refractivity contribution in [1.82, 2.24) is 19.2 Å². The van der Waals surface area contributed by atoms with Crippen molar-refractivity contribution in [1.29, 1.82) is 0 Å². The van der Waals surface area contributed by atoms with Crippen LogP contribution in [0.1, 0.15) is 19.4 Å². The lowest BCUT2D eigenvalue weighted by atomic mass is 10.0. The zero-order chi connectivity index (χ0) is 25.0. The highest BCUT2D eigenvalue weighted by atomic mass is 32.2. The number of aliphatic hydroxyl groups excluding tert-OH is 1. The van der Waals surface area contributed by atoms with Gasteiger partial charge in [0.25, 0.3) is 0 Å². The topological polar surface area (TPSA) is 95.9 Å². The molecule has 0 saturated carbocycles. The van der Waals surface area contributed by atoms with Crippen LogP contribution >= 0.6 is 0 Å². The molecule has 0 amide bonds. The summed E-state index contributed by atoms with van der Waals surface area (Å²) in [6.45, 7) is 4.98. The molecular weight excluding hydrogens is 464 g/mol. The fourth-order valence-corrected chi connectivity index (χ4v) is 6.16. The molecule has 0 bridgehead atoms. The standard InChI is InChI=1S/C26H32N4O4S/c1-19-15-30(20(2)18-31)35(32,33)26-9-8-22(23-7-5-11-28-14-23)12-24(26)34-25(19)17-29(3)16-21-6-4-10-27-13-21/h4-14,19-20,25,31H,15-18H2,1-3H3/t19-,20+,25-/m1/s1. The Balaban J connectivity index is 1.72. The monoisotopic (exact) mass is 496 g/mol. The van der Waals surface area contributed by atoms with Crippen LogP contribution in [0.25, 0.3) is 11.1 Å². The molecule has 0 fully saturated rings. The molecule has 1 N–H and O–H groups in total. The Labute approximate surface area is 207 Å². The van der Waals surface area contributed by atoms with Gasteiger partial charge in [-0.15, -0.1) is 0 Å². The minimum absolute atomic E-state index is 0.109. The van der Waals surface area contributed by atoms with E-state index in [1.165, 1.54) is 4.31 Å². The van der Waals surface area contributed by atoms with E-state index in [-0.39, 0.29) is 30.1 Å². The van der Waals surface area contributed by atoms with Crippen molar-refractivity contribution in [3.05, 3.63) is 72.8 Å². The molecule has 3 heterocycles. The van der Waals surface area contributed by atoms with E-state index >= 15 is 0 Å². The van der Waals surface area contributed by atoms with Gasteiger partial charge in [0.1, 0.15) is 16.7 Å². The highest BCUT2D eigenvalue weighted by Gasteiger charge is 2.38. The van der Waals surface area contributed by atoms with E-state index in [0.717, 1.165) is 16.7 Å². The van der Waals surface area contributed by atoms with E-state index < -0.39 is 16.1 Å². The number of nitrogens with zero attached hydrogens (tertiary/aromatic N) is 4. The molecule has 0 unspecified atom stereocenters. The molecule has 3 atom stereocenters. The summed E-state index contributed by atoms with van der Waals surface area (Å²) >= 11 is 0. The van der Waals surface area contributed by atoms with Gasteiger partial charge in [-0.1, -0.05) is 25.1 Å².